The van der Waals surface area contributed by atoms with Crippen molar-refractivity contribution in [3.05, 3.63) is 52.9 Å². The second-order valence-electron chi connectivity index (χ2n) is 4.24. The quantitative estimate of drug-likeness (QED) is 0.528. The first-order valence-corrected chi connectivity index (χ1v) is 8.90. The Hall–Kier alpha value is -1.89. The van der Waals surface area contributed by atoms with Gasteiger partial charge in [-0.3, -0.25) is 0 Å². The van der Waals surface area contributed by atoms with Gasteiger partial charge in [0.15, 0.2) is 0 Å². The maximum absolute atomic E-state index is 4.50. The minimum atomic E-state index is 1.01. The molecule has 0 amide bonds. The van der Waals surface area contributed by atoms with Crippen LogP contribution in [0.2, 0.25) is 0 Å². The second-order valence-corrected chi connectivity index (χ2v) is 6.92. The van der Waals surface area contributed by atoms with Gasteiger partial charge in [-0.15, -0.1) is 34.0 Å². The largest absolute Gasteiger partial charge is 0.245 e. The van der Waals surface area contributed by atoms with Crippen molar-refractivity contribution in [3.63, 3.8) is 0 Å². The Labute approximate surface area is 133 Å². The summed E-state index contributed by atoms with van der Waals surface area (Å²) < 4.78 is 0. The Morgan fingerprint density at radius 3 is 1.52 bits per heavy atom. The molecule has 0 atom stereocenters. The van der Waals surface area contributed by atoms with Gasteiger partial charge in [-0.1, -0.05) is 18.2 Å². The van der Waals surface area contributed by atoms with Crippen LogP contribution < -0.4 is 0 Å². The van der Waals surface area contributed by atoms with E-state index >= 15 is 0 Å². The molecule has 102 valence electrons. The molecule has 0 N–H and O–H groups in total. The monoisotopic (exact) mass is 327 g/mol. The first-order valence-electron chi connectivity index (χ1n) is 6.26. The molecular weight excluding hydrogens is 318 g/mol. The van der Waals surface area contributed by atoms with Crippen LogP contribution in [0.15, 0.2) is 52.9 Å². The van der Waals surface area contributed by atoms with Crippen LogP contribution in [-0.2, 0) is 0 Å². The maximum Gasteiger partial charge on any atom is 0.124 e. The van der Waals surface area contributed by atoms with Gasteiger partial charge in [-0.25, -0.2) is 15.0 Å². The molecule has 4 aromatic rings. The third-order valence-electron chi connectivity index (χ3n) is 3.04. The molecule has 3 nitrogen and oxygen atoms in total. The van der Waals surface area contributed by atoms with Crippen molar-refractivity contribution in [1.29, 1.82) is 0 Å². The molecule has 0 aliphatic heterocycles. The molecule has 0 saturated heterocycles. The van der Waals surface area contributed by atoms with E-state index in [1.165, 1.54) is 0 Å². The smallest absolute Gasteiger partial charge is 0.124 e. The topological polar surface area (TPSA) is 38.7 Å². The molecule has 6 heteroatoms. The van der Waals surface area contributed by atoms with Crippen molar-refractivity contribution < 1.29 is 0 Å². The van der Waals surface area contributed by atoms with Gasteiger partial charge in [0.05, 0.1) is 0 Å². The normalized spacial score (nSPS) is 10.9. The van der Waals surface area contributed by atoms with Crippen LogP contribution in [0, 0.1) is 0 Å². The molecule has 0 fully saturated rings. The second kappa shape index (κ2) is 5.48. The zero-order valence-electron chi connectivity index (χ0n) is 10.8. The lowest BCUT2D eigenvalue weighted by atomic mass is 10.0. The zero-order chi connectivity index (χ0) is 14.1. The average Bonchev–Trinajstić information content (AvgIpc) is 3.28. The van der Waals surface area contributed by atoms with Crippen molar-refractivity contribution >= 4 is 34.0 Å². The number of rotatable bonds is 3. The van der Waals surface area contributed by atoms with E-state index in [4.69, 9.17) is 0 Å². The summed E-state index contributed by atoms with van der Waals surface area (Å²) in [5.74, 6) is 0. The third-order valence-corrected chi connectivity index (χ3v) is 5.44. The number of hydrogen-bond donors (Lipinski definition) is 0. The van der Waals surface area contributed by atoms with Crippen molar-refractivity contribution in [2.24, 2.45) is 0 Å². The summed E-state index contributed by atoms with van der Waals surface area (Å²) in [7, 11) is 0. The molecule has 21 heavy (non-hydrogen) atoms. The van der Waals surface area contributed by atoms with Gasteiger partial charge in [0, 0.05) is 51.4 Å². The molecular formula is C15H9N3S3. The van der Waals surface area contributed by atoms with E-state index in [-0.39, 0.29) is 0 Å². The number of nitrogens with zero attached hydrogens (tertiary/aromatic N) is 3. The molecule has 1 aromatic carbocycles. The van der Waals surface area contributed by atoms with Gasteiger partial charge in [-0.05, 0) is 0 Å². The Morgan fingerprint density at radius 2 is 1.10 bits per heavy atom. The van der Waals surface area contributed by atoms with Crippen molar-refractivity contribution in [2.45, 2.75) is 0 Å². The molecule has 0 aliphatic rings. The fraction of sp³-hybridized carbons (Fsp3) is 0. The molecule has 0 aliphatic carbocycles. The summed E-state index contributed by atoms with van der Waals surface area (Å²) >= 11 is 4.93. The van der Waals surface area contributed by atoms with Crippen LogP contribution in [-0.4, -0.2) is 15.0 Å². The van der Waals surface area contributed by atoms with Crippen LogP contribution in [0.1, 0.15) is 0 Å². The van der Waals surface area contributed by atoms with Crippen LogP contribution in [0.3, 0.4) is 0 Å². The SMILES string of the molecule is c1cc(-c2nccs2)c(-c2nccs2)c(-c2nccs2)c1. The minimum Gasteiger partial charge on any atom is -0.245 e. The average molecular weight is 327 g/mol. The van der Waals surface area contributed by atoms with Gasteiger partial charge >= 0.3 is 0 Å². The first-order chi connectivity index (χ1) is 10.4. The summed E-state index contributed by atoms with van der Waals surface area (Å²) in [6.07, 6.45) is 5.51. The minimum absolute atomic E-state index is 1.01. The molecule has 0 bridgehead atoms. The summed E-state index contributed by atoms with van der Waals surface area (Å²) in [6, 6.07) is 6.27. The molecule has 4 rings (SSSR count). The molecule has 0 radical (unpaired) electrons. The Kier molecular flexibility index (Phi) is 3.34. The summed E-state index contributed by atoms with van der Waals surface area (Å²) in [4.78, 5) is 13.4. The highest BCUT2D eigenvalue weighted by Gasteiger charge is 2.18. The van der Waals surface area contributed by atoms with Crippen LogP contribution in [0.4, 0.5) is 0 Å². The highest BCUT2D eigenvalue weighted by atomic mass is 32.1. The number of aromatic nitrogens is 3. The lowest BCUT2D eigenvalue weighted by Crippen LogP contribution is -1.89. The zero-order valence-corrected chi connectivity index (χ0v) is 13.2. The molecule has 0 spiro atoms. The predicted molar refractivity (Wildman–Crippen MR) is 89.8 cm³/mol. The van der Waals surface area contributed by atoms with E-state index in [9.17, 15) is 0 Å². The molecule has 3 heterocycles. The van der Waals surface area contributed by atoms with E-state index in [2.05, 4.69) is 33.2 Å². The molecule has 0 unspecified atom stereocenters. The van der Waals surface area contributed by atoms with Crippen LogP contribution in [0.25, 0.3) is 31.7 Å². The summed E-state index contributed by atoms with van der Waals surface area (Å²) in [6.45, 7) is 0. The van der Waals surface area contributed by atoms with E-state index < -0.39 is 0 Å². The van der Waals surface area contributed by atoms with E-state index in [1.54, 1.807) is 34.0 Å². The van der Waals surface area contributed by atoms with Gasteiger partial charge in [0.2, 0.25) is 0 Å². The third kappa shape index (κ3) is 2.31. The standard InChI is InChI=1S/C15H9N3S3/c1-2-10(13-16-4-7-19-13)12(15-18-6-9-21-15)11(3-1)14-17-5-8-20-14/h1-9H. The lowest BCUT2D eigenvalue weighted by molar-refractivity contribution is 1.37. The highest BCUT2D eigenvalue weighted by Crippen LogP contribution is 2.41. The maximum atomic E-state index is 4.50. The Morgan fingerprint density at radius 1 is 0.619 bits per heavy atom. The fourth-order valence-electron chi connectivity index (χ4n) is 2.20. The lowest BCUT2D eigenvalue weighted by Gasteiger charge is -2.09. The predicted octanol–water partition coefficient (Wildman–Crippen LogP) is 5.06. The van der Waals surface area contributed by atoms with Gasteiger partial charge in [0.25, 0.3) is 0 Å². The Balaban J connectivity index is 2.03. The van der Waals surface area contributed by atoms with Crippen LogP contribution >= 0.6 is 34.0 Å². The van der Waals surface area contributed by atoms with E-state index in [1.807, 2.05) is 34.7 Å². The van der Waals surface area contributed by atoms with E-state index in [0.717, 1.165) is 31.7 Å². The fourth-order valence-corrected chi connectivity index (χ4v) is 4.25. The van der Waals surface area contributed by atoms with Gasteiger partial charge < -0.3 is 0 Å². The van der Waals surface area contributed by atoms with Gasteiger partial charge in [0.1, 0.15) is 15.0 Å². The number of benzene rings is 1. The Bertz CT molecular complexity index is 782. The first kappa shape index (κ1) is 12.8. The van der Waals surface area contributed by atoms with Crippen LogP contribution in [0.5, 0.6) is 0 Å². The van der Waals surface area contributed by atoms with Gasteiger partial charge in [-0.2, -0.15) is 0 Å². The molecule has 0 saturated carbocycles. The summed E-state index contributed by atoms with van der Waals surface area (Å²) in [5, 5.41) is 9.02. The van der Waals surface area contributed by atoms with Crippen molar-refractivity contribution in [1.82, 2.24) is 15.0 Å². The number of thiazole rings is 3. The molecule has 3 aromatic heterocycles. The van der Waals surface area contributed by atoms with Crippen molar-refractivity contribution in [2.75, 3.05) is 0 Å². The summed E-state index contributed by atoms with van der Waals surface area (Å²) in [5.41, 5.74) is 3.36. The number of hydrogen-bond acceptors (Lipinski definition) is 6. The van der Waals surface area contributed by atoms with Crippen molar-refractivity contribution in [3.8, 4) is 31.7 Å². The highest BCUT2D eigenvalue weighted by molar-refractivity contribution is 7.14. The van der Waals surface area contributed by atoms with E-state index in [0.29, 0.717) is 0 Å².